The molecular formula is C19H12N2O3S. The zero-order valence-corrected chi connectivity index (χ0v) is 13.7. The van der Waals surface area contributed by atoms with E-state index in [2.05, 4.69) is 5.32 Å². The highest BCUT2D eigenvalue weighted by atomic mass is 32.1. The van der Waals surface area contributed by atoms with Crippen LogP contribution in [0.25, 0.3) is 16.8 Å². The van der Waals surface area contributed by atoms with Gasteiger partial charge < -0.3 is 0 Å². The molecule has 4 amide bonds. The number of barbiturate groups is 1. The molecule has 0 radical (unpaired) electrons. The Morgan fingerprint density at radius 1 is 0.960 bits per heavy atom. The maximum atomic E-state index is 12.9. The molecule has 1 fully saturated rings. The molecule has 2 aromatic carbocycles. The molecule has 1 N–H and O–H groups in total. The van der Waals surface area contributed by atoms with Crippen LogP contribution in [0.5, 0.6) is 0 Å². The van der Waals surface area contributed by atoms with E-state index in [1.807, 2.05) is 41.1 Å². The van der Waals surface area contributed by atoms with E-state index in [1.54, 1.807) is 18.2 Å². The summed E-state index contributed by atoms with van der Waals surface area (Å²) in [7, 11) is 0. The van der Waals surface area contributed by atoms with Gasteiger partial charge in [0.2, 0.25) is 0 Å². The summed E-state index contributed by atoms with van der Waals surface area (Å²) in [6, 6.07) is 13.9. The van der Waals surface area contributed by atoms with Gasteiger partial charge in [-0.1, -0.05) is 36.4 Å². The van der Waals surface area contributed by atoms with E-state index < -0.39 is 17.8 Å². The third-order valence-electron chi connectivity index (χ3n) is 3.96. The number of carbonyl (C=O) groups is 3. The molecule has 5 nitrogen and oxygen atoms in total. The smallest absolute Gasteiger partial charge is 0.273 e. The molecule has 1 aliphatic rings. The number of amides is 4. The van der Waals surface area contributed by atoms with Crippen LogP contribution in [0, 0.1) is 0 Å². The largest absolute Gasteiger partial charge is 0.335 e. The highest BCUT2D eigenvalue weighted by Gasteiger charge is 2.37. The Bertz CT molecular complexity index is 1030. The lowest BCUT2D eigenvalue weighted by atomic mass is 10.1. The van der Waals surface area contributed by atoms with Crippen LogP contribution in [0.15, 0.2) is 64.9 Å². The monoisotopic (exact) mass is 348 g/mol. The molecule has 4 rings (SSSR count). The van der Waals surface area contributed by atoms with Crippen LogP contribution in [-0.2, 0) is 9.59 Å². The molecule has 25 heavy (non-hydrogen) atoms. The number of nitrogens with one attached hydrogen (secondary N) is 1. The molecule has 0 atom stereocenters. The maximum Gasteiger partial charge on any atom is 0.335 e. The van der Waals surface area contributed by atoms with Gasteiger partial charge in [0.15, 0.2) is 0 Å². The summed E-state index contributed by atoms with van der Waals surface area (Å²) < 4.78 is 0. The first kappa shape index (κ1) is 15.3. The SMILES string of the molecule is O=C1NC(=O)N(c2cccc3ccccc23)C(=O)/C1=C\c1ccsc1. The first-order valence-electron chi connectivity index (χ1n) is 7.56. The van der Waals surface area contributed by atoms with Crippen molar-refractivity contribution in [3.63, 3.8) is 0 Å². The first-order valence-corrected chi connectivity index (χ1v) is 8.51. The number of nitrogens with zero attached hydrogens (tertiary/aromatic N) is 1. The predicted molar refractivity (Wildman–Crippen MR) is 97.3 cm³/mol. The molecule has 122 valence electrons. The summed E-state index contributed by atoms with van der Waals surface area (Å²) in [6.07, 6.45) is 1.50. The summed E-state index contributed by atoms with van der Waals surface area (Å²) in [4.78, 5) is 38.4. The van der Waals surface area contributed by atoms with E-state index in [9.17, 15) is 14.4 Å². The Hall–Kier alpha value is -3.25. The van der Waals surface area contributed by atoms with Gasteiger partial charge >= 0.3 is 6.03 Å². The van der Waals surface area contributed by atoms with Gasteiger partial charge in [0.05, 0.1) is 5.69 Å². The zero-order chi connectivity index (χ0) is 17.4. The van der Waals surface area contributed by atoms with Crippen LogP contribution >= 0.6 is 11.3 Å². The number of hydrogen-bond donors (Lipinski definition) is 1. The lowest BCUT2D eigenvalue weighted by Gasteiger charge is -2.27. The summed E-state index contributed by atoms with van der Waals surface area (Å²) in [5, 5.41) is 7.59. The zero-order valence-electron chi connectivity index (χ0n) is 12.9. The quantitative estimate of drug-likeness (QED) is 0.569. The van der Waals surface area contributed by atoms with Crippen LogP contribution in [0.4, 0.5) is 10.5 Å². The Kier molecular flexibility index (Phi) is 3.66. The number of urea groups is 1. The minimum atomic E-state index is -0.742. The molecule has 0 unspecified atom stereocenters. The highest BCUT2D eigenvalue weighted by molar-refractivity contribution is 7.08. The van der Waals surface area contributed by atoms with E-state index in [1.165, 1.54) is 17.4 Å². The molecule has 1 aliphatic heterocycles. The Morgan fingerprint density at radius 2 is 1.76 bits per heavy atom. The lowest BCUT2D eigenvalue weighted by molar-refractivity contribution is -0.122. The summed E-state index contributed by atoms with van der Waals surface area (Å²) in [6.45, 7) is 0. The van der Waals surface area contributed by atoms with Crippen LogP contribution < -0.4 is 10.2 Å². The minimum absolute atomic E-state index is 0.0639. The Balaban J connectivity index is 1.84. The number of fused-ring (bicyclic) bond motifs is 1. The van der Waals surface area contributed by atoms with E-state index in [0.717, 1.165) is 21.2 Å². The average molecular weight is 348 g/mol. The molecule has 2 heterocycles. The number of rotatable bonds is 2. The summed E-state index contributed by atoms with van der Waals surface area (Å²) in [5.74, 6) is -1.31. The van der Waals surface area contributed by atoms with Crippen molar-refractivity contribution in [3.05, 3.63) is 70.4 Å². The van der Waals surface area contributed by atoms with E-state index >= 15 is 0 Å². The number of hydrogen-bond acceptors (Lipinski definition) is 4. The van der Waals surface area contributed by atoms with Gasteiger partial charge in [0.25, 0.3) is 11.8 Å². The van der Waals surface area contributed by atoms with Crippen LogP contribution in [0.1, 0.15) is 5.56 Å². The average Bonchev–Trinajstić information content (AvgIpc) is 3.12. The third kappa shape index (κ3) is 2.62. The number of carbonyl (C=O) groups excluding carboxylic acids is 3. The van der Waals surface area contributed by atoms with Gasteiger partial charge in [-0.15, -0.1) is 0 Å². The van der Waals surface area contributed by atoms with Gasteiger partial charge in [-0.3, -0.25) is 14.9 Å². The van der Waals surface area contributed by atoms with Gasteiger partial charge in [0, 0.05) is 5.39 Å². The fraction of sp³-hybridized carbons (Fsp3) is 0. The van der Waals surface area contributed by atoms with E-state index in [4.69, 9.17) is 0 Å². The van der Waals surface area contributed by atoms with Crippen molar-refractivity contribution >= 4 is 51.7 Å². The van der Waals surface area contributed by atoms with Gasteiger partial charge in [-0.25, -0.2) is 9.69 Å². The predicted octanol–water partition coefficient (Wildman–Crippen LogP) is 3.57. The standard InChI is InChI=1S/C19H12N2O3S/c22-17-15(10-12-8-9-25-11-12)18(23)21(19(24)20-17)16-7-3-5-13-4-1-2-6-14(13)16/h1-11H,(H,20,22,24)/b15-10-. The minimum Gasteiger partial charge on any atom is -0.273 e. The lowest BCUT2D eigenvalue weighted by Crippen LogP contribution is -2.54. The molecule has 3 aromatic rings. The van der Waals surface area contributed by atoms with Crippen molar-refractivity contribution in [3.8, 4) is 0 Å². The van der Waals surface area contributed by atoms with Crippen molar-refractivity contribution in [1.29, 1.82) is 0 Å². The number of thiophene rings is 1. The number of anilines is 1. The normalized spacial score (nSPS) is 16.6. The topological polar surface area (TPSA) is 66.5 Å². The second-order valence-electron chi connectivity index (χ2n) is 5.51. The number of benzene rings is 2. The van der Waals surface area contributed by atoms with Crippen molar-refractivity contribution in [2.75, 3.05) is 4.90 Å². The molecule has 0 bridgehead atoms. The molecule has 0 spiro atoms. The maximum absolute atomic E-state index is 12.9. The number of imide groups is 2. The van der Waals surface area contributed by atoms with Crippen molar-refractivity contribution in [2.45, 2.75) is 0 Å². The van der Waals surface area contributed by atoms with Crippen molar-refractivity contribution in [2.24, 2.45) is 0 Å². The van der Waals surface area contributed by atoms with E-state index in [0.29, 0.717) is 5.69 Å². The van der Waals surface area contributed by atoms with Crippen LogP contribution in [-0.4, -0.2) is 17.8 Å². The van der Waals surface area contributed by atoms with Gasteiger partial charge in [-0.05, 0) is 39.9 Å². The molecule has 0 aliphatic carbocycles. The first-order chi connectivity index (χ1) is 12.1. The van der Waals surface area contributed by atoms with Gasteiger partial charge in [0.1, 0.15) is 5.57 Å². The van der Waals surface area contributed by atoms with Gasteiger partial charge in [-0.2, -0.15) is 11.3 Å². The summed E-state index contributed by atoms with van der Waals surface area (Å²) in [5.41, 5.74) is 1.13. The second-order valence-corrected chi connectivity index (χ2v) is 6.29. The molecule has 1 saturated heterocycles. The Morgan fingerprint density at radius 3 is 2.56 bits per heavy atom. The Labute approximate surface area is 147 Å². The molecule has 1 aromatic heterocycles. The van der Waals surface area contributed by atoms with E-state index in [-0.39, 0.29) is 5.57 Å². The van der Waals surface area contributed by atoms with Crippen molar-refractivity contribution in [1.82, 2.24) is 5.32 Å². The molecule has 6 heteroatoms. The fourth-order valence-electron chi connectivity index (χ4n) is 2.80. The second kappa shape index (κ2) is 5.99. The third-order valence-corrected chi connectivity index (χ3v) is 4.66. The van der Waals surface area contributed by atoms with Crippen molar-refractivity contribution < 1.29 is 14.4 Å². The molecular weight excluding hydrogens is 336 g/mol. The van der Waals surface area contributed by atoms with Crippen LogP contribution in [0.3, 0.4) is 0 Å². The highest BCUT2D eigenvalue weighted by Crippen LogP contribution is 2.29. The fourth-order valence-corrected chi connectivity index (χ4v) is 3.42. The van der Waals surface area contributed by atoms with Crippen LogP contribution in [0.2, 0.25) is 0 Å². The molecule has 0 saturated carbocycles. The summed E-state index contributed by atoms with van der Waals surface area (Å²) >= 11 is 1.46.